The molecule has 0 amide bonds. The first-order valence-corrected chi connectivity index (χ1v) is 7.69. The van der Waals surface area contributed by atoms with Crippen molar-refractivity contribution in [2.45, 2.75) is 4.43 Å². The van der Waals surface area contributed by atoms with E-state index in [4.69, 9.17) is 14.0 Å². The molecule has 0 fully saturated rings. The topological polar surface area (TPSA) is 9.23 Å². The number of hydrogen-bond donors (Lipinski definition) is 0. The number of ether oxygens (including phenoxy) is 1. The lowest BCUT2D eigenvalue weighted by Crippen LogP contribution is -1.82. The number of benzene rings is 1. The second-order valence-corrected chi connectivity index (χ2v) is 4.94. The van der Waals surface area contributed by atoms with Crippen molar-refractivity contribution in [3.8, 4) is 5.75 Å². The van der Waals surface area contributed by atoms with Crippen LogP contribution in [0.4, 0.5) is 0 Å². The van der Waals surface area contributed by atoms with Gasteiger partial charge in [0.1, 0.15) is 5.75 Å². The SMILES string of the molecule is COc1ccc(CI=S)cc1. The van der Waals surface area contributed by atoms with Crippen molar-refractivity contribution in [3.63, 3.8) is 0 Å². The first-order chi connectivity index (χ1) is 5.36. The highest BCUT2D eigenvalue weighted by molar-refractivity contribution is 14.2. The maximum Gasteiger partial charge on any atom is 0.118 e. The van der Waals surface area contributed by atoms with E-state index >= 15 is 0 Å². The van der Waals surface area contributed by atoms with Crippen molar-refractivity contribution >= 4 is 28.5 Å². The van der Waals surface area contributed by atoms with Crippen molar-refractivity contribution in [2.75, 3.05) is 7.11 Å². The number of methoxy groups -OCH3 is 1. The molecule has 0 aliphatic heterocycles. The Morgan fingerprint density at radius 1 is 1.36 bits per heavy atom. The quantitative estimate of drug-likeness (QED) is 0.620. The molecule has 0 radical (unpaired) electrons. The van der Waals surface area contributed by atoms with E-state index in [1.54, 1.807) is 7.11 Å². The molecule has 0 aliphatic carbocycles. The zero-order valence-electron chi connectivity index (χ0n) is 6.21. The summed E-state index contributed by atoms with van der Waals surface area (Å²) >= 11 is -0.0431. The minimum atomic E-state index is -0.0431. The maximum absolute atomic E-state index is 5.03. The molecule has 0 unspecified atom stereocenters. The predicted molar refractivity (Wildman–Crippen MR) is 58.3 cm³/mol. The third-order valence-corrected chi connectivity index (χ3v) is 3.29. The summed E-state index contributed by atoms with van der Waals surface area (Å²) in [5.74, 6) is 0.913. The lowest BCUT2D eigenvalue weighted by Gasteiger charge is -1.99. The highest BCUT2D eigenvalue weighted by atomic mass is 127. The summed E-state index contributed by atoms with van der Waals surface area (Å²) in [4.78, 5) is 0. The Kier molecular flexibility index (Phi) is 3.93. The average molecular weight is 280 g/mol. The van der Waals surface area contributed by atoms with Gasteiger partial charge in [-0.25, -0.2) is 0 Å². The van der Waals surface area contributed by atoms with Gasteiger partial charge in [0.15, 0.2) is 0 Å². The lowest BCUT2D eigenvalue weighted by molar-refractivity contribution is 0.414. The van der Waals surface area contributed by atoms with Gasteiger partial charge >= 0.3 is 0 Å². The van der Waals surface area contributed by atoms with Crippen LogP contribution in [0.15, 0.2) is 24.3 Å². The molecule has 1 rings (SSSR count). The van der Waals surface area contributed by atoms with Gasteiger partial charge in [-0.2, -0.15) is 0 Å². The van der Waals surface area contributed by atoms with Crippen LogP contribution in [0, 0.1) is 0 Å². The molecule has 1 aromatic rings. The van der Waals surface area contributed by atoms with Gasteiger partial charge in [-0.05, 0) is 46.2 Å². The molecule has 0 heterocycles. The number of alkyl halides is 1. The van der Waals surface area contributed by atoms with Gasteiger partial charge in [-0.1, -0.05) is 12.1 Å². The van der Waals surface area contributed by atoms with Gasteiger partial charge in [-0.15, -0.1) is 0 Å². The predicted octanol–water partition coefficient (Wildman–Crippen LogP) is 3.28. The molecule has 1 aromatic carbocycles. The van der Waals surface area contributed by atoms with E-state index in [1.165, 1.54) is 5.56 Å². The van der Waals surface area contributed by atoms with Crippen LogP contribution in [-0.2, 0) is 4.43 Å². The molecule has 1 nitrogen and oxygen atoms in total. The van der Waals surface area contributed by atoms with Crippen molar-refractivity contribution in [2.24, 2.45) is 0 Å². The zero-order chi connectivity index (χ0) is 8.10. The zero-order valence-corrected chi connectivity index (χ0v) is 9.18. The van der Waals surface area contributed by atoms with Crippen molar-refractivity contribution in [3.05, 3.63) is 29.8 Å². The lowest BCUT2D eigenvalue weighted by atomic mass is 10.2. The van der Waals surface area contributed by atoms with Gasteiger partial charge in [-0.3, -0.25) is 0 Å². The van der Waals surface area contributed by atoms with Gasteiger partial charge in [0.05, 0.1) is 7.11 Å². The highest BCUT2D eigenvalue weighted by Gasteiger charge is 1.90. The van der Waals surface area contributed by atoms with E-state index in [2.05, 4.69) is 12.1 Å². The summed E-state index contributed by atoms with van der Waals surface area (Å²) in [6.07, 6.45) is 0. The molecular weight excluding hydrogens is 271 g/mol. The minimum absolute atomic E-state index is 0.0431. The fourth-order valence-electron chi connectivity index (χ4n) is 0.778. The van der Waals surface area contributed by atoms with Crippen LogP contribution >= 0.6 is 28.5 Å². The Labute approximate surface area is 80.2 Å². The van der Waals surface area contributed by atoms with Crippen LogP contribution in [-0.4, -0.2) is 7.11 Å². The number of hydrogen-bond acceptors (Lipinski definition) is 2. The van der Waals surface area contributed by atoms with Crippen molar-refractivity contribution < 1.29 is 4.74 Å². The monoisotopic (exact) mass is 280 g/mol. The summed E-state index contributed by atoms with van der Waals surface area (Å²) in [5, 5.41) is 0. The Bertz CT molecular complexity index is 232. The van der Waals surface area contributed by atoms with Crippen LogP contribution in [0.3, 0.4) is 0 Å². The highest BCUT2D eigenvalue weighted by Crippen LogP contribution is 2.16. The minimum Gasteiger partial charge on any atom is -0.497 e. The molecule has 0 saturated carbocycles. The summed E-state index contributed by atoms with van der Waals surface area (Å²) < 4.78 is 6.11. The third-order valence-electron chi connectivity index (χ3n) is 1.37. The molecule has 0 spiro atoms. The Hall–Kier alpha value is -0.0300. The van der Waals surface area contributed by atoms with Gasteiger partial charge < -0.3 is 4.74 Å². The molecular formula is C8H9IOS. The van der Waals surface area contributed by atoms with Crippen molar-refractivity contribution in [1.29, 1.82) is 0 Å². The first-order valence-electron chi connectivity index (χ1n) is 3.21. The van der Waals surface area contributed by atoms with Gasteiger partial charge in [0.25, 0.3) is 0 Å². The van der Waals surface area contributed by atoms with Crippen LogP contribution in [0.5, 0.6) is 5.75 Å². The average Bonchev–Trinajstić information content (AvgIpc) is 2.07. The van der Waals surface area contributed by atoms with E-state index in [0.717, 1.165) is 10.2 Å². The second-order valence-electron chi connectivity index (χ2n) is 2.09. The number of halogens is 1. The summed E-state index contributed by atoms with van der Waals surface area (Å²) in [5.41, 5.74) is 1.33. The molecule has 0 N–H and O–H groups in total. The number of rotatable bonds is 3. The molecule has 0 aliphatic rings. The Morgan fingerprint density at radius 3 is 2.45 bits per heavy atom. The normalized spacial score (nSPS) is 9.55. The van der Waals surface area contributed by atoms with E-state index in [-0.39, 0.29) is 19.3 Å². The third kappa shape index (κ3) is 2.83. The fraction of sp³-hybridized carbons (Fsp3) is 0.250. The van der Waals surface area contributed by atoms with Crippen LogP contribution < -0.4 is 4.74 Å². The van der Waals surface area contributed by atoms with Gasteiger partial charge in [0, 0.05) is 4.43 Å². The molecule has 0 atom stereocenters. The van der Waals surface area contributed by atoms with Gasteiger partial charge in [0.2, 0.25) is 0 Å². The fourth-order valence-corrected chi connectivity index (χ4v) is 2.49. The van der Waals surface area contributed by atoms with Crippen LogP contribution in [0.1, 0.15) is 5.56 Å². The standard InChI is InChI=1S/C8H9IOS/c1-10-8-4-2-7(3-5-8)6-9-11/h2-5H,6H2,1H3. The van der Waals surface area contributed by atoms with E-state index < -0.39 is 0 Å². The molecule has 0 aromatic heterocycles. The van der Waals surface area contributed by atoms with Crippen LogP contribution in [0.2, 0.25) is 0 Å². The maximum atomic E-state index is 5.03. The summed E-state index contributed by atoms with van der Waals surface area (Å²) in [7, 11) is 6.65. The molecule has 0 bridgehead atoms. The van der Waals surface area contributed by atoms with E-state index in [9.17, 15) is 0 Å². The first kappa shape index (κ1) is 9.06. The molecule has 0 saturated heterocycles. The summed E-state index contributed by atoms with van der Waals surface area (Å²) in [6, 6.07) is 8.10. The molecule has 60 valence electrons. The van der Waals surface area contributed by atoms with Crippen molar-refractivity contribution in [1.82, 2.24) is 0 Å². The smallest absolute Gasteiger partial charge is 0.118 e. The molecule has 3 heteroatoms. The summed E-state index contributed by atoms with van der Waals surface area (Å²) in [6.45, 7) is 0. The second kappa shape index (κ2) is 4.77. The Balaban J connectivity index is 2.74. The van der Waals surface area contributed by atoms with E-state index in [1.807, 2.05) is 12.1 Å². The largest absolute Gasteiger partial charge is 0.497 e. The van der Waals surface area contributed by atoms with E-state index in [0.29, 0.717) is 0 Å². The molecule has 11 heavy (non-hydrogen) atoms. The Morgan fingerprint density at radius 2 is 2.00 bits per heavy atom. The van der Waals surface area contributed by atoms with Crippen LogP contribution in [0.25, 0.3) is 0 Å².